The maximum Gasteiger partial charge on any atom is 0.255 e. The summed E-state index contributed by atoms with van der Waals surface area (Å²) in [7, 11) is 0. The summed E-state index contributed by atoms with van der Waals surface area (Å²) in [4.78, 5) is 11.9. The monoisotopic (exact) mass is 313 g/mol. The highest BCUT2D eigenvalue weighted by Crippen LogP contribution is 2.25. The molecule has 5 heteroatoms. The molecular formula is C13H16BrNO3. The molecule has 18 heavy (non-hydrogen) atoms. The lowest BCUT2D eigenvalue weighted by Gasteiger charge is -2.15. The van der Waals surface area contributed by atoms with Crippen molar-refractivity contribution in [2.24, 2.45) is 5.92 Å². The Kier molecular flexibility index (Phi) is 4.24. The van der Waals surface area contributed by atoms with Crippen LogP contribution in [0.5, 0.6) is 5.75 Å². The van der Waals surface area contributed by atoms with Gasteiger partial charge in [-0.15, -0.1) is 0 Å². The number of aromatic hydroxyl groups is 1. The number of hydrogen-bond donors (Lipinski definition) is 3. The zero-order valence-electron chi connectivity index (χ0n) is 9.90. The van der Waals surface area contributed by atoms with Crippen molar-refractivity contribution in [2.75, 3.05) is 6.54 Å². The number of phenolic OH excluding ortho intramolecular Hbond substituents is 1. The highest BCUT2D eigenvalue weighted by atomic mass is 79.9. The molecular weight excluding hydrogens is 298 g/mol. The van der Waals surface area contributed by atoms with E-state index in [1.54, 1.807) is 12.1 Å². The van der Waals surface area contributed by atoms with Gasteiger partial charge in [-0.3, -0.25) is 4.79 Å². The third-order valence-electron chi connectivity index (χ3n) is 3.35. The van der Waals surface area contributed by atoms with Crippen molar-refractivity contribution < 1.29 is 15.0 Å². The second-order valence-corrected chi connectivity index (χ2v) is 5.55. The number of phenols is 1. The molecule has 3 N–H and O–H groups in total. The van der Waals surface area contributed by atoms with Gasteiger partial charge in [0.1, 0.15) is 5.75 Å². The summed E-state index contributed by atoms with van der Waals surface area (Å²) >= 11 is 3.22. The van der Waals surface area contributed by atoms with E-state index < -0.39 is 0 Å². The van der Waals surface area contributed by atoms with Gasteiger partial charge in [0.25, 0.3) is 5.91 Å². The first kappa shape index (κ1) is 13.4. The number of rotatable bonds is 3. The van der Waals surface area contributed by atoms with Gasteiger partial charge in [0, 0.05) is 16.9 Å². The predicted octanol–water partition coefficient (Wildman–Crippen LogP) is 2.05. The molecule has 1 aromatic rings. The van der Waals surface area contributed by atoms with Crippen LogP contribution in [0.1, 0.15) is 29.6 Å². The first-order valence-electron chi connectivity index (χ1n) is 6.02. The Morgan fingerprint density at radius 1 is 1.44 bits per heavy atom. The molecule has 0 aliphatic heterocycles. The molecule has 0 bridgehead atoms. The molecule has 2 rings (SSSR count). The molecule has 2 unspecified atom stereocenters. The minimum Gasteiger partial charge on any atom is -0.507 e. The van der Waals surface area contributed by atoms with E-state index in [0.717, 1.165) is 23.7 Å². The fraction of sp³-hybridized carbons (Fsp3) is 0.462. The fourth-order valence-electron chi connectivity index (χ4n) is 2.27. The molecule has 0 spiro atoms. The summed E-state index contributed by atoms with van der Waals surface area (Å²) in [6.07, 6.45) is 2.44. The van der Waals surface area contributed by atoms with Crippen molar-refractivity contribution in [1.82, 2.24) is 5.32 Å². The van der Waals surface area contributed by atoms with Crippen molar-refractivity contribution >= 4 is 21.8 Å². The van der Waals surface area contributed by atoms with Gasteiger partial charge < -0.3 is 15.5 Å². The quantitative estimate of drug-likeness (QED) is 0.800. The van der Waals surface area contributed by atoms with Crippen molar-refractivity contribution in [3.63, 3.8) is 0 Å². The lowest BCUT2D eigenvalue weighted by atomic mass is 10.1. The summed E-state index contributed by atoms with van der Waals surface area (Å²) in [5, 5.41) is 22.1. The summed E-state index contributed by atoms with van der Waals surface area (Å²) in [6.45, 7) is 0.454. The van der Waals surface area contributed by atoms with E-state index in [9.17, 15) is 15.0 Å². The number of aliphatic hydroxyl groups is 1. The number of nitrogens with one attached hydrogen (secondary N) is 1. The second kappa shape index (κ2) is 5.71. The highest BCUT2D eigenvalue weighted by Gasteiger charge is 2.25. The van der Waals surface area contributed by atoms with E-state index in [-0.39, 0.29) is 29.2 Å². The number of benzene rings is 1. The molecule has 0 saturated heterocycles. The lowest BCUT2D eigenvalue weighted by Crippen LogP contribution is -2.32. The Morgan fingerprint density at radius 3 is 2.83 bits per heavy atom. The van der Waals surface area contributed by atoms with Crippen molar-refractivity contribution in [3.8, 4) is 5.75 Å². The van der Waals surface area contributed by atoms with Crippen molar-refractivity contribution in [1.29, 1.82) is 0 Å². The largest absolute Gasteiger partial charge is 0.507 e. The third-order valence-corrected chi connectivity index (χ3v) is 3.84. The number of aliphatic hydroxyl groups excluding tert-OH is 1. The van der Waals surface area contributed by atoms with Gasteiger partial charge in [0.2, 0.25) is 0 Å². The molecule has 0 heterocycles. The van der Waals surface area contributed by atoms with Crippen LogP contribution in [0.2, 0.25) is 0 Å². The standard InChI is InChI=1S/C13H16BrNO3/c14-9-4-5-10(12(17)6-9)13(18)15-7-8-2-1-3-11(8)16/h4-6,8,11,16-17H,1-3,7H2,(H,15,18). The number of carbonyl (C=O) groups excluding carboxylic acids is 1. The third kappa shape index (κ3) is 3.03. The Bertz CT molecular complexity index is 450. The maximum absolute atomic E-state index is 11.9. The van der Waals surface area contributed by atoms with Crippen LogP contribution in [0.4, 0.5) is 0 Å². The van der Waals surface area contributed by atoms with Crippen molar-refractivity contribution in [2.45, 2.75) is 25.4 Å². The summed E-state index contributed by atoms with van der Waals surface area (Å²) in [5.41, 5.74) is 0.255. The summed E-state index contributed by atoms with van der Waals surface area (Å²) in [5.74, 6) is -0.223. The molecule has 0 aromatic heterocycles. The van der Waals surface area contributed by atoms with Gasteiger partial charge in [-0.25, -0.2) is 0 Å². The molecule has 1 fully saturated rings. The van der Waals surface area contributed by atoms with Gasteiger partial charge in [0.15, 0.2) is 0 Å². The van der Waals surface area contributed by atoms with E-state index in [2.05, 4.69) is 21.2 Å². The Balaban J connectivity index is 1.95. The van der Waals surface area contributed by atoms with Crippen molar-refractivity contribution in [3.05, 3.63) is 28.2 Å². The number of halogens is 1. The van der Waals surface area contributed by atoms with Crippen LogP contribution < -0.4 is 5.32 Å². The fourth-order valence-corrected chi connectivity index (χ4v) is 2.62. The number of carbonyl (C=O) groups is 1. The van der Waals surface area contributed by atoms with E-state index in [1.165, 1.54) is 6.07 Å². The predicted molar refractivity (Wildman–Crippen MR) is 71.5 cm³/mol. The van der Waals surface area contributed by atoms with Gasteiger partial charge in [-0.05, 0) is 31.0 Å². The molecule has 98 valence electrons. The minimum atomic E-state index is -0.316. The zero-order valence-corrected chi connectivity index (χ0v) is 11.5. The van der Waals surface area contributed by atoms with Crippen LogP contribution in [0.15, 0.2) is 22.7 Å². The van der Waals surface area contributed by atoms with Gasteiger partial charge >= 0.3 is 0 Å². The number of amides is 1. The van der Waals surface area contributed by atoms with Crippen LogP contribution >= 0.6 is 15.9 Å². The average Bonchev–Trinajstić information content (AvgIpc) is 2.72. The van der Waals surface area contributed by atoms with Crippen LogP contribution in [0.25, 0.3) is 0 Å². The van der Waals surface area contributed by atoms with Gasteiger partial charge in [0.05, 0.1) is 11.7 Å². The van der Waals surface area contributed by atoms with E-state index in [4.69, 9.17) is 0 Å². The maximum atomic E-state index is 11.9. The van der Waals surface area contributed by atoms with Crippen LogP contribution in [-0.4, -0.2) is 28.8 Å². The second-order valence-electron chi connectivity index (χ2n) is 4.63. The average molecular weight is 314 g/mol. The SMILES string of the molecule is O=C(NCC1CCCC1O)c1ccc(Br)cc1O. The Labute approximate surface area is 114 Å². The number of hydrogen-bond acceptors (Lipinski definition) is 3. The molecule has 0 radical (unpaired) electrons. The van der Waals surface area contributed by atoms with Crippen LogP contribution in [-0.2, 0) is 0 Å². The minimum absolute atomic E-state index is 0.0474. The first-order valence-corrected chi connectivity index (χ1v) is 6.82. The molecule has 1 aromatic carbocycles. The summed E-state index contributed by atoms with van der Waals surface area (Å²) < 4.78 is 0.725. The highest BCUT2D eigenvalue weighted by molar-refractivity contribution is 9.10. The first-order chi connectivity index (χ1) is 8.58. The molecule has 2 atom stereocenters. The zero-order chi connectivity index (χ0) is 13.1. The van der Waals surface area contributed by atoms with Crippen LogP contribution in [0, 0.1) is 5.92 Å². The lowest BCUT2D eigenvalue weighted by molar-refractivity contribution is 0.0914. The smallest absolute Gasteiger partial charge is 0.255 e. The summed E-state index contributed by atoms with van der Waals surface area (Å²) in [6, 6.07) is 4.76. The van der Waals surface area contributed by atoms with E-state index >= 15 is 0 Å². The molecule has 4 nitrogen and oxygen atoms in total. The normalized spacial score (nSPS) is 23.0. The topological polar surface area (TPSA) is 69.6 Å². The van der Waals surface area contributed by atoms with Gasteiger partial charge in [-0.1, -0.05) is 22.4 Å². The van der Waals surface area contributed by atoms with E-state index in [1.807, 2.05) is 0 Å². The van der Waals surface area contributed by atoms with Gasteiger partial charge in [-0.2, -0.15) is 0 Å². The van der Waals surface area contributed by atoms with E-state index in [0.29, 0.717) is 6.54 Å². The van der Waals surface area contributed by atoms with Crippen LogP contribution in [0.3, 0.4) is 0 Å². The molecule has 1 aliphatic rings. The Hall–Kier alpha value is -1.07. The molecule has 1 saturated carbocycles. The molecule has 1 aliphatic carbocycles. The molecule has 1 amide bonds. The Morgan fingerprint density at radius 2 is 2.22 bits per heavy atom.